The maximum atomic E-state index is 13.0. The molecule has 4 aliphatic rings. The van der Waals surface area contributed by atoms with Crippen LogP contribution in [-0.4, -0.2) is 71.5 Å². The molecule has 1 amide bonds. The van der Waals surface area contributed by atoms with Crippen molar-refractivity contribution in [2.24, 2.45) is 5.92 Å². The van der Waals surface area contributed by atoms with Crippen LogP contribution in [0.1, 0.15) is 64.0 Å². The highest BCUT2D eigenvalue weighted by Gasteiger charge is 2.64. The van der Waals surface area contributed by atoms with Crippen molar-refractivity contribution >= 4 is 11.8 Å². The SMILES string of the molecule is [C-]#[N+]c1ccc2c(c1OC)[C@@]13CCN(C(=O)OC(C)(C)C)CC[C@@]1(O)[C@@H](C2)N(CC1CC1)CC3. The van der Waals surface area contributed by atoms with Gasteiger partial charge >= 0.3 is 6.09 Å². The van der Waals surface area contributed by atoms with Gasteiger partial charge in [0.15, 0.2) is 0 Å². The number of hydrogen-bond donors (Lipinski definition) is 1. The van der Waals surface area contributed by atoms with Crippen molar-refractivity contribution in [2.75, 3.05) is 33.3 Å². The molecule has 1 saturated carbocycles. The molecule has 0 spiro atoms. The first-order valence-electron chi connectivity index (χ1n) is 12.6. The zero-order valence-corrected chi connectivity index (χ0v) is 20.9. The Morgan fingerprint density at radius 1 is 1.21 bits per heavy atom. The summed E-state index contributed by atoms with van der Waals surface area (Å²) in [5.41, 5.74) is 0.531. The smallest absolute Gasteiger partial charge is 0.410 e. The van der Waals surface area contributed by atoms with Crippen LogP contribution in [0.5, 0.6) is 5.75 Å². The van der Waals surface area contributed by atoms with Crippen LogP contribution < -0.4 is 4.74 Å². The van der Waals surface area contributed by atoms with E-state index >= 15 is 0 Å². The van der Waals surface area contributed by atoms with E-state index in [1.807, 2.05) is 26.8 Å². The van der Waals surface area contributed by atoms with E-state index in [2.05, 4.69) is 15.8 Å². The number of fused-ring (bicyclic) bond motifs is 1. The number of hydrogen-bond acceptors (Lipinski definition) is 5. The topological polar surface area (TPSA) is 66.6 Å². The molecule has 1 aromatic rings. The second kappa shape index (κ2) is 8.13. The monoisotopic (exact) mass is 467 g/mol. The van der Waals surface area contributed by atoms with E-state index in [0.717, 1.165) is 37.4 Å². The molecule has 1 aromatic carbocycles. The number of carbonyl (C=O) groups excluding carboxylic acids is 1. The van der Waals surface area contributed by atoms with Crippen LogP contribution in [0.4, 0.5) is 10.5 Å². The van der Waals surface area contributed by atoms with Crippen molar-refractivity contribution in [1.29, 1.82) is 0 Å². The van der Waals surface area contributed by atoms with Gasteiger partial charge in [-0.2, -0.15) is 0 Å². The minimum atomic E-state index is -1.00. The standard InChI is InChI=1S/C27H37N3O4/c1-25(2,3)34-24(31)29-13-10-26-11-14-30(17-18-6-7-18)21(27(26,32)12-15-29)16-19-8-9-20(28-4)23(33-5)22(19)26/h8-9,18,21,32H,6-7,10-17H2,1-3,5H3/t21-,26+,27-/m1/s1. The molecule has 1 N–H and O–H groups in total. The average molecular weight is 468 g/mol. The van der Waals surface area contributed by atoms with Crippen LogP contribution in [-0.2, 0) is 16.6 Å². The van der Waals surface area contributed by atoms with Crippen LogP contribution in [0, 0.1) is 12.5 Å². The van der Waals surface area contributed by atoms with Crippen LogP contribution in [0.25, 0.3) is 4.85 Å². The number of ether oxygens (including phenoxy) is 2. The number of amides is 1. The highest BCUT2D eigenvalue weighted by molar-refractivity contribution is 5.69. The largest absolute Gasteiger partial charge is 0.507 e. The van der Waals surface area contributed by atoms with Crippen LogP contribution >= 0.6 is 0 Å². The van der Waals surface area contributed by atoms with Crippen molar-refractivity contribution in [3.8, 4) is 5.75 Å². The molecule has 2 aliphatic carbocycles. The van der Waals surface area contributed by atoms with E-state index in [0.29, 0.717) is 37.4 Å². The number of carbonyl (C=O) groups is 1. The molecule has 2 heterocycles. The summed E-state index contributed by atoms with van der Waals surface area (Å²) in [6, 6.07) is 3.92. The van der Waals surface area contributed by atoms with E-state index in [1.165, 1.54) is 18.4 Å². The van der Waals surface area contributed by atoms with Crippen molar-refractivity contribution in [2.45, 2.75) is 82.0 Å². The minimum Gasteiger partial charge on any atom is -0.507 e. The lowest BCUT2D eigenvalue weighted by molar-refractivity contribution is -0.149. The van der Waals surface area contributed by atoms with Crippen molar-refractivity contribution in [3.63, 3.8) is 0 Å². The number of rotatable bonds is 3. The Labute approximate surface area is 202 Å². The molecule has 3 atom stereocenters. The van der Waals surface area contributed by atoms with Gasteiger partial charge < -0.3 is 19.5 Å². The molecule has 2 saturated heterocycles. The van der Waals surface area contributed by atoms with Gasteiger partial charge in [0.05, 0.1) is 19.3 Å². The maximum absolute atomic E-state index is 13.0. The van der Waals surface area contributed by atoms with Crippen LogP contribution in [0.15, 0.2) is 12.1 Å². The number of methoxy groups -OCH3 is 1. The van der Waals surface area contributed by atoms with Gasteiger partial charge in [0.2, 0.25) is 5.69 Å². The Bertz CT molecular complexity index is 1020. The van der Waals surface area contributed by atoms with Crippen LogP contribution in [0.2, 0.25) is 0 Å². The number of aliphatic hydroxyl groups is 1. The number of nitrogens with zero attached hydrogens (tertiary/aromatic N) is 3. The Morgan fingerprint density at radius 3 is 2.56 bits per heavy atom. The zero-order valence-electron chi connectivity index (χ0n) is 20.9. The normalized spacial score (nSPS) is 31.1. The summed E-state index contributed by atoms with van der Waals surface area (Å²) in [5, 5.41) is 12.7. The van der Waals surface area contributed by atoms with Gasteiger partial charge in [-0.3, -0.25) is 4.90 Å². The second-order valence-electron chi connectivity index (χ2n) is 11.6. The van der Waals surface area contributed by atoms with Crippen molar-refractivity contribution < 1.29 is 19.4 Å². The van der Waals surface area contributed by atoms with Crippen molar-refractivity contribution in [1.82, 2.24) is 9.80 Å². The second-order valence-corrected chi connectivity index (χ2v) is 11.6. The molecule has 0 aromatic heterocycles. The van der Waals surface area contributed by atoms with E-state index in [9.17, 15) is 9.90 Å². The van der Waals surface area contributed by atoms with Gasteiger partial charge in [-0.05, 0) is 82.9 Å². The summed E-state index contributed by atoms with van der Waals surface area (Å²) >= 11 is 0. The molecule has 2 aliphatic heterocycles. The highest BCUT2D eigenvalue weighted by Crippen LogP contribution is 2.59. The van der Waals surface area contributed by atoms with E-state index in [4.69, 9.17) is 16.0 Å². The summed E-state index contributed by atoms with van der Waals surface area (Å²) < 4.78 is 11.5. The Kier molecular flexibility index (Phi) is 5.61. The third-order valence-electron chi connectivity index (χ3n) is 8.50. The van der Waals surface area contributed by atoms with E-state index in [-0.39, 0.29) is 12.1 Å². The van der Waals surface area contributed by atoms with Gasteiger partial charge in [0.25, 0.3) is 0 Å². The number of likely N-dealkylation sites (tertiary alicyclic amines) is 2. The van der Waals surface area contributed by atoms with Gasteiger partial charge in [-0.1, -0.05) is 12.1 Å². The fourth-order valence-electron chi connectivity index (χ4n) is 6.75. The molecular formula is C27H37N3O4. The van der Waals surface area contributed by atoms with Gasteiger partial charge in [-0.15, -0.1) is 0 Å². The minimum absolute atomic E-state index is 0.00330. The summed E-state index contributed by atoms with van der Waals surface area (Å²) in [6.07, 6.45) is 4.87. The summed E-state index contributed by atoms with van der Waals surface area (Å²) in [6.45, 7) is 16.3. The van der Waals surface area contributed by atoms with E-state index in [1.54, 1.807) is 12.0 Å². The third kappa shape index (κ3) is 3.67. The first-order valence-corrected chi connectivity index (χ1v) is 12.6. The third-order valence-corrected chi connectivity index (χ3v) is 8.50. The Hall–Kier alpha value is -2.30. The molecule has 7 nitrogen and oxygen atoms in total. The molecular weight excluding hydrogens is 430 g/mol. The predicted molar refractivity (Wildman–Crippen MR) is 129 cm³/mol. The molecule has 5 rings (SSSR count). The molecule has 0 unspecified atom stereocenters. The van der Waals surface area contributed by atoms with Crippen molar-refractivity contribution in [3.05, 3.63) is 34.7 Å². The number of piperidine rings is 1. The molecule has 7 heteroatoms. The predicted octanol–water partition coefficient (Wildman–Crippen LogP) is 4.29. The Balaban J connectivity index is 1.60. The fraction of sp³-hybridized carbons (Fsp3) is 0.704. The van der Waals surface area contributed by atoms with E-state index < -0.39 is 16.6 Å². The highest BCUT2D eigenvalue weighted by atomic mass is 16.6. The first-order chi connectivity index (χ1) is 16.1. The van der Waals surface area contributed by atoms with Gasteiger partial charge in [0.1, 0.15) is 11.4 Å². The molecule has 3 fully saturated rings. The fourth-order valence-corrected chi connectivity index (χ4v) is 6.75. The lowest BCUT2D eigenvalue weighted by Crippen LogP contribution is -2.71. The Morgan fingerprint density at radius 2 is 1.91 bits per heavy atom. The lowest BCUT2D eigenvalue weighted by atomic mass is 9.52. The molecule has 34 heavy (non-hydrogen) atoms. The molecule has 2 bridgehead atoms. The summed E-state index contributed by atoms with van der Waals surface area (Å²) in [4.78, 5) is 21.0. The summed E-state index contributed by atoms with van der Waals surface area (Å²) in [7, 11) is 1.62. The number of benzene rings is 1. The first kappa shape index (κ1) is 23.4. The van der Waals surface area contributed by atoms with Gasteiger partial charge in [-0.25, -0.2) is 9.64 Å². The van der Waals surface area contributed by atoms with Gasteiger partial charge in [0, 0.05) is 31.1 Å². The zero-order chi connectivity index (χ0) is 24.3. The molecule has 0 radical (unpaired) electrons. The van der Waals surface area contributed by atoms with Crippen LogP contribution in [0.3, 0.4) is 0 Å². The molecule has 184 valence electrons. The lowest BCUT2D eigenvalue weighted by Gasteiger charge is -2.61. The average Bonchev–Trinajstić information content (AvgIpc) is 3.60. The maximum Gasteiger partial charge on any atom is 0.410 e. The summed E-state index contributed by atoms with van der Waals surface area (Å²) in [5.74, 6) is 1.34. The quantitative estimate of drug-likeness (QED) is 0.672.